The van der Waals surface area contributed by atoms with E-state index in [0.717, 1.165) is 18.4 Å². The second kappa shape index (κ2) is 7.28. The summed E-state index contributed by atoms with van der Waals surface area (Å²) in [7, 11) is -3.46. The van der Waals surface area contributed by atoms with Gasteiger partial charge in [0.2, 0.25) is 10.0 Å². The largest absolute Gasteiger partial charge is 0.396 e. The van der Waals surface area contributed by atoms with Crippen LogP contribution in [-0.4, -0.2) is 37.5 Å². The van der Waals surface area contributed by atoms with Gasteiger partial charge in [-0.2, -0.15) is 4.31 Å². The molecule has 1 fully saturated rings. The van der Waals surface area contributed by atoms with Crippen LogP contribution in [0.1, 0.15) is 30.4 Å². The molecule has 0 aliphatic carbocycles. The quantitative estimate of drug-likeness (QED) is 0.892. The Labute approximate surface area is 150 Å². The van der Waals surface area contributed by atoms with Crippen LogP contribution in [0, 0.1) is 6.92 Å². The van der Waals surface area contributed by atoms with E-state index in [9.17, 15) is 13.5 Å². The molecule has 0 amide bonds. The van der Waals surface area contributed by atoms with Gasteiger partial charge in [0.1, 0.15) is 0 Å². The normalized spacial score (nSPS) is 18.2. The van der Waals surface area contributed by atoms with Crippen molar-refractivity contribution >= 4 is 10.0 Å². The lowest BCUT2D eigenvalue weighted by molar-refractivity contribution is 0.175. The lowest BCUT2D eigenvalue weighted by Gasteiger charge is -2.41. The zero-order chi connectivity index (χ0) is 17.9. The lowest BCUT2D eigenvalue weighted by Crippen LogP contribution is -2.45. The summed E-state index contributed by atoms with van der Waals surface area (Å²) in [6.07, 6.45) is 2.11. The minimum atomic E-state index is -3.46. The van der Waals surface area contributed by atoms with Gasteiger partial charge in [0.05, 0.1) is 4.90 Å². The third-order valence-corrected chi connectivity index (χ3v) is 7.23. The Morgan fingerprint density at radius 1 is 1.00 bits per heavy atom. The maximum absolute atomic E-state index is 12.9. The van der Waals surface area contributed by atoms with Crippen molar-refractivity contribution in [3.05, 3.63) is 65.7 Å². The maximum atomic E-state index is 12.9. The van der Waals surface area contributed by atoms with Crippen molar-refractivity contribution in [3.8, 4) is 0 Å². The average Bonchev–Trinajstić information content (AvgIpc) is 2.63. The van der Waals surface area contributed by atoms with E-state index in [1.54, 1.807) is 16.4 Å². The van der Waals surface area contributed by atoms with E-state index < -0.39 is 10.0 Å². The highest BCUT2D eigenvalue weighted by atomic mass is 32.2. The first-order chi connectivity index (χ1) is 12.0. The van der Waals surface area contributed by atoms with Gasteiger partial charge in [-0.25, -0.2) is 8.42 Å². The summed E-state index contributed by atoms with van der Waals surface area (Å²) in [6, 6.07) is 17.2. The van der Waals surface area contributed by atoms with E-state index in [1.165, 1.54) is 5.56 Å². The maximum Gasteiger partial charge on any atom is 0.243 e. The van der Waals surface area contributed by atoms with Gasteiger partial charge >= 0.3 is 0 Å². The predicted molar refractivity (Wildman–Crippen MR) is 99.0 cm³/mol. The Morgan fingerprint density at radius 2 is 1.60 bits per heavy atom. The molecule has 0 atom stereocenters. The molecular formula is C20H25NO3S. The average molecular weight is 359 g/mol. The van der Waals surface area contributed by atoms with Crippen LogP contribution >= 0.6 is 0 Å². The Bertz CT molecular complexity index is 793. The smallest absolute Gasteiger partial charge is 0.243 e. The van der Waals surface area contributed by atoms with Crippen molar-refractivity contribution in [2.75, 3.05) is 19.7 Å². The van der Waals surface area contributed by atoms with Crippen LogP contribution in [0.4, 0.5) is 0 Å². The number of aliphatic hydroxyl groups excluding tert-OH is 1. The highest BCUT2D eigenvalue weighted by Crippen LogP contribution is 2.39. The standard InChI is InChI=1S/C20H25NO3S/c1-17-7-9-19(10-8-17)25(23,24)21-14-11-20(12-15-21,13-16-22)18-5-3-2-4-6-18/h2-10,22H,11-16H2,1H3. The van der Waals surface area contributed by atoms with Crippen LogP contribution in [-0.2, 0) is 15.4 Å². The number of hydrogen-bond acceptors (Lipinski definition) is 3. The van der Waals surface area contributed by atoms with Gasteiger partial charge < -0.3 is 5.11 Å². The monoisotopic (exact) mass is 359 g/mol. The van der Waals surface area contributed by atoms with Crippen molar-refractivity contribution in [1.82, 2.24) is 4.31 Å². The van der Waals surface area contributed by atoms with Crippen LogP contribution in [0.5, 0.6) is 0 Å². The SMILES string of the molecule is Cc1ccc(S(=O)(=O)N2CCC(CCO)(c3ccccc3)CC2)cc1. The molecule has 0 radical (unpaired) electrons. The minimum absolute atomic E-state index is 0.111. The fourth-order valence-corrected chi connectivity index (χ4v) is 5.14. The van der Waals surface area contributed by atoms with E-state index >= 15 is 0 Å². The molecule has 0 unspecified atom stereocenters. The predicted octanol–water partition coefficient (Wildman–Crippen LogP) is 3.10. The number of benzene rings is 2. The summed E-state index contributed by atoms with van der Waals surface area (Å²) in [5, 5.41) is 9.54. The molecule has 4 nitrogen and oxygen atoms in total. The molecule has 0 spiro atoms. The summed E-state index contributed by atoms with van der Waals surface area (Å²) in [4.78, 5) is 0.354. The highest BCUT2D eigenvalue weighted by Gasteiger charge is 2.39. The lowest BCUT2D eigenvalue weighted by atomic mass is 9.71. The number of aryl methyl sites for hydroxylation is 1. The summed E-state index contributed by atoms with van der Waals surface area (Å²) in [6.45, 7) is 3.01. The van der Waals surface area contributed by atoms with Gasteiger partial charge in [-0.3, -0.25) is 0 Å². The fraction of sp³-hybridized carbons (Fsp3) is 0.400. The molecule has 25 heavy (non-hydrogen) atoms. The van der Waals surface area contributed by atoms with Crippen LogP contribution in [0.25, 0.3) is 0 Å². The molecule has 0 saturated carbocycles. The summed E-state index contributed by atoms with van der Waals surface area (Å²) in [5.41, 5.74) is 2.09. The van der Waals surface area contributed by atoms with Gasteiger partial charge in [0, 0.05) is 19.7 Å². The summed E-state index contributed by atoms with van der Waals surface area (Å²) >= 11 is 0. The highest BCUT2D eigenvalue weighted by molar-refractivity contribution is 7.89. The van der Waals surface area contributed by atoms with Crippen molar-refractivity contribution < 1.29 is 13.5 Å². The van der Waals surface area contributed by atoms with Gasteiger partial charge in [0.25, 0.3) is 0 Å². The molecule has 1 heterocycles. The number of rotatable bonds is 5. The van der Waals surface area contributed by atoms with Crippen molar-refractivity contribution in [1.29, 1.82) is 0 Å². The number of hydrogen-bond donors (Lipinski definition) is 1. The number of aliphatic hydroxyl groups is 1. The molecule has 134 valence electrons. The topological polar surface area (TPSA) is 57.6 Å². The molecule has 2 aromatic rings. The molecular weight excluding hydrogens is 334 g/mol. The minimum Gasteiger partial charge on any atom is -0.396 e. The Hall–Kier alpha value is -1.69. The Balaban J connectivity index is 1.81. The Kier molecular flexibility index (Phi) is 5.27. The number of nitrogens with zero attached hydrogens (tertiary/aromatic N) is 1. The van der Waals surface area contributed by atoms with Gasteiger partial charge in [-0.15, -0.1) is 0 Å². The van der Waals surface area contributed by atoms with Crippen LogP contribution in [0.15, 0.2) is 59.5 Å². The molecule has 5 heteroatoms. The van der Waals surface area contributed by atoms with E-state index in [-0.39, 0.29) is 12.0 Å². The zero-order valence-electron chi connectivity index (χ0n) is 14.6. The molecule has 0 aromatic heterocycles. The Morgan fingerprint density at radius 3 is 2.16 bits per heavy atom. The van der Waals surface area contributed by atoms with Crippen LogP contribution in [0.2, 0.25) is 0 Å². The van der Waals surface area contributed by atoms with Crippen molar-refractivity contribution in [2.45, 2.75) is 36.5 Å². The van der Waals surface area contributed by atoms with E-state index in [1.807, 2.05) is 37.3 Å². The van der Waals surface area contributed by atoms with Gasteiger partial charge in [0.15, 0.2) is 0 Å². The number of piperidine rings is 1. The van der Waals surface area contributed by atoms with Crippen molar-refractivity contribution in [2.24, 2.45) is 0 Å². The van der Waals surface area contributed by atoms with Crippen molar-refractivity contribution in [3.63, 3.8) is 0 Å². The second-order valence-electron chi connectivity index (χ2n) is 6.84. The fourth-order valence-electron chi connectivity index (χ4n) is 3.70. The van der Waals surface area contributed by atoms with Crippen LogP contribution < -0.4 is 0 Å². The molecule has 0 bridgehead atoms. The summed E-state index contributed by atoms with van der Waals surface area (Å²) in [5.74, 6) is 0. The first-order valence-corrected chi connectivity index (χ1v) is 10.2. The van der Waals surface area contributed by atoms with Gasteiger partial charge in [-0.1, -0.05) is 48.0 Å². The third kappa shape index (κ3) is 3.64. The first kappa shape index (κ1) is 18.1. The van der Waals surface area contributed by atoms with Gasteiger partial charge in [-0.05, 0) is 49.3 Å². The molecule has 1 aliphatic heterocycles. The third-order valence-electron chi connectivity index (χ3n) is 5.31. The number of sulfonamides is 1. The zero-order valence-corrected chi connectivity index (χ0v) is 15.4. The summed E-state index contributed by atoms with van der Waals surface area (Å²) < 4.78 is 27.3. The van der Waals surface area contributed by atoms with Crippen LogP contribution in [0.3, 0.4) is 0 Å². The first-order valence-electron chi connectivity index (χ1n) is 8.71. The van der Waals surface area contributed by atoms with E-state index in [0.29, 0.717) is 24.4 Å². The van der Waals surface area contributed by atoms with E-state index in [4.69, 9.17) is 0 Å². The van der Waals surface area contributed by atoms with E-state index in [2.05, 4.69) is 12.1 Å². The molecule has 2 aromatic carbocycles. The molecule has 1 N–H and O–H groups in total. The molecule has 1 aliphatic rings. The molecule has 1 saturated heterocycles. The molecule has 3 rings (SSSR count). The second-order valence-corrected chi connectivity index (χ2v) is 8.78.